The summed E-state index contributed by atoms with van der Waals surface area (Å²) in [5.74, 6) is 5.39. The highest BCUT2D eigenvalue weighted by Gasteiger charge is 2.40. The molecule has 3 aliphatic heterocycles. The van der Waals surface area contributed by atoms with Gasteiger partial charge >= 0.3 is 0 Å². The number of hydrogen-bond acceptors (Lipinski definition) is 6. The van der Waals surface area contributed by atoms with Crippen LogP contribution in [0.1, 0.15) is 142 Å². The van der Waals surface area contributed by atoms with Crippen LogP contribution in [0.3, 0.4) is 0 Å². The number of ether oxygens (including phenoxy) is 3. The fourth-order valence-corrected chi connectivity index (χ4v) is 14.5. The molecule has 3 heterocycles. The highest BCUT2D eigenvalue weighted by atomic mass is 16.5. The van der Waals surface area contributed by atoms with Gasteiger partial charge in [0.2, 0.25) is 0 Å². The first-order valence-electron chi connectivity index (χ1n) is 27.7. The second-order valence-electron chi connectivity index (χ2n) is 21.9. The first-order chi connectivity index (χ1) is 35.3. The molecule has 0 N–H and O–H groups in total. The van der Waals surface area contributed by atoms with Gasteiger partial charge in [0.15, 0.2) is 0 Å². The maximum absolute atomic E-state index is 5.73. The number of aryl methyl sites for hydroxylation is 3. The molecule has 3 saturated heterocycles. The van der Waals surface area contributed by atoms with E-state index < -0.39 is 0 Å². The number of nitrogens with zero attached hydrogens (tertiary/aromatic N) is 3. The van der Waals surface area contributed by atoms with E-state index in [0.717, 1.165) is 56.1 Å². The van der Waals surface area contributed by atoms with Crippen molar-refractivity contribution in [1.82, 2.24) is 14.7 Å². The Kier molecular flexibility index (Phi) is 16.2. The molecular weight excluding hydrogens is 883 g/mol. The molecule has 0 saturated carbocycles. The van der Waals surface area contributed by atoms with Gasteiger partial charge in [0.25, 0.3) is 0 Å². The third-order valence-corrected chi connectivity index (χ3v) is 17.7. The van der Waals surface area contributed by atoms with E-state index in [-0.39, 0.29) is 0 Å². The van der Waals surface area contributed by atoms with Crippen LogP contribution in [0.25, 0.3) is 0 Å². The average Bonchev–Trinajstić information content (AvgIpc) is 3.42. The predicted molar refractivity (Wildman–Crippen MR) is 296 cm³/mol. The van der Waals surface area contributed by atoms with Crippen molar-refractivity contribution in [1.29, 1.82) is 0 Å². The number of benzene rings is 6. The maximum Gasteiger partial charge on any atom is 0.125 e. The van der Waals surface area contributed by atoms with Crippen LogP contribution in [0.4, 0.5) is 0 Å². The van der Waals surface area contributed by atoms with Crippen molar-refractivity contribution >= 4 is 0 Å². The van der Waals surface area contributed by atoms with Crippen LogP contribution in [0.15, 0.2) is 127 Å². The minimum atomic E-state index is 0.667. The lowest BCUT2D eigenvalue weighted by atomic mass is 9.73. The number of methoxy groups -OCH3 is 3. The van der Waals surface area contributed by atoms with Gasteiger partial charge < -0.3 is 14.2 Å². The zero-order chi connectivity index (χ0) is 49.6. The smallest absolute Gasteiger partial charge is 0.125 e. The van der Waals surface area contributed by atoms with E-state index in [1.54, 1.807) is 16.7 Å². The van der Waals surface area contributed by atoms with Gasteiger partial charge in [0.1, 0.15) is 17.2 Å². The third kappa shape index (κ3) is 10.7. The minimum Gasteiger partial charge on any atom is -0.496 e. The van der Waals surface area contributed by atoms with Crippen molar-refractivity contribution in [2.24, 2.45) is 0 Å². The van der Waals surface area contributed by atoms with E-state index in [0.29, 0.717) is 35.9 Å². The maximum atomic E-state index is 5.73. The molecule has 6 aliphatic rings. The van der Waals surface area contributed by atoms with Gasteiger partial charge in [-0.25, -0.2) is 0 Å². The minimum absolute atomic E-state index is 0.667. The summed E-state index contributed by atoms with van der Waals surface area (Å²) >= 11 is 0. The Morgan fingerprint density at radius 3 is 0.903 bits per heavy atom. The molecule has 0 amide bonds. The first-order valence-corrected chi connectivity index (χ1v) is 27.7. The Labute approximate surface area is 432 Å². The highest BCUT2D eigenvalue weighted by Crippen LogP contribution is 2.48. The Hall–Kier alpha value is -5.40. The normalized spacial score (nSPS) is 23.4. The summed E-state index contributed by atoms with van der Waals surface area (Å²) in [5, 5.41) is 0. The monoisotopic (exact) mass is 964 g/mol. The predicted octanol–water partition coefficient (Wildman–Crippen LogP) is 14.1. The van der Waals surface area contributed by atoms with Crippen molar-refractivity contribution < 1.29 is 14.2 Å². The van der Waals surface area contributed by atoms with Crippen LogP contribution in [0.5, 0.6) is 17.2 Å². The molecule has 0 bridgehead atoms. The van der Waals surface area contributed by atoms with Gasteiger partial charge in [0, 0.05) is 37.8 Å². The SMILES string of the molecule is COc1c(C)ccc2c1CC[C@@H]1[C@H]2CCCN1Cc1ccccc1.COc1c(C)ccc2c1CC[C@H]1C2CCCN1Cc1ccccc1.COc1c(C)ccc2c1CC[C@H]1[C@@H]2CCCN1Cc1ccccc1. The fourth-order valence-electron chi connectivity index (χ4n) is 14.5. The van der Waals surface area contributed by atoms with Gasteiger partial charge in [-0.2, -0.15) is 0 Å². The van der Waals surface area contributed by atoms with Crippen LogP contribution in [0.2, 0.25) is 0 Å². The summed E-state index contributed by atoms with van der Waals surface area (Å²) in [6, 6.07) is 48.7. The summed E-state index contributed by atoms with van der Waals surface area (Å²) < 4.78 is 17.2. The lowest BCUT2D eigenvalue weighted by molar-refractivity contribution is 0.104. The number of fused-ring (bicyclic) bond motifs is 9. The summed E-state index contributed by atoms with van der Waals surface area (Å²) in [7, 11) is 5.45. The number of hydrogen-bond donors (Lipinski definition) is 0. The second kappa shape index (κ2) is 23.2. The van der Waals surface area contributed by atoms with Crippen molar-refractivity contribution in [3.05, 3.63) is 194 Å². The van der Waals surface area contributed by atoms with Gasteiger partial charge in [-0.15, -0.1) is 0 Å². The lowest BCUT2D eigenvalue weighted by Gasteiger charge is -2.45. The number of piperidine rings is 3. The quantitative estimate of drug-likeness (QED) is 0.144. The average molecular weight is 964 g/mol. The fraction of sp³-hybridized carbons (Fsp3) is 0.455. The third-order valence-electron chi connectivity index (χ3n) is 17.7. The Bertz CT molecular complexity index is 2430. The van der Waals surface area contributed by atoms with Crippen LogP contribution < -0.4 is 14.2 Å². The Morgan fingerprint density at radius 2 is 0.639 bits per heavy atom. The van der Waals surface area contributed by atoms with Gasteiger partial charge in [-0.3, -0.25) is 14.7 Å². The van der Waals surface area contributed by atoms with E-state index in [2.05, 4.69) is 163 Å². The molecule has 72 heavy (non-hydrogen) atoms. The number of likely N-dealkylation sites (tertiary alicyclic amines) is 3. The molecule has 0 aromatic heterocycles. The van der Waals surface area contributed by atoms with E-state index in [9.17, 15) is 0 Å². The topological polar surface area (TPSA) is 37.4 Å². The van der Waals surface area contributed by atoms with Crippen LogP contribution >= 0.6 is 0 Å². The zero-order valence-electron chi connectivity index (χ0n) is 44.4. The molecule has 6 nitrogen and oxygen atoms in total. The van der Waals surface area contributed by atoms with E-state index in [4.69, 9.17) is 14.2 Å². The molecule has 6 aromatic rings. The van der Waals surface area contributed by atoms with E-state index in [1.807, 2.05) is 21.3 Å². The molecule has 0 spiro atoms. The Morgan fingerprint density at radius 1 is 0.361 bits per heavy atom. The zero-order valence-corrected chi connectivity index (χ0v) is 44.4. The van der Waals surface area contributed by atoms with Crippen LogP contribution in [-0.2, 0) is 38.9 Å². The molecule has 0 radical (unpaired) electrons. The summed E-state index contributed by atoms with van der Waals surface area (Å²) in [4.78, 5) is 8.16. The van der Waals surface area contributed by atoms with Crippen molar-refractivity contribution in [2.75, 3.05) is 41.0 Å². The summed E-state index contributed by atoms with van der Waals surface area (Å²) in [6.07, 6.45) is 15.0. The molecule has 3 fully saturated rings. The van der Waals surface area contributed by atoms with E-state index >= 15 is 0 Å². The first kappa shape index (κ1) is 50.1. The number of rotatable bonds is 9. The molecule has 6 atom stereocenters. The van der Waals surface area contributed by atoms with Crippen molar-refractivity contribution in [3.8, 4) is 17.2 Å². The second-order valence-corrected chi connectivity index (χ2v) is 21.9. The van der Waals surface area contributed by atoms with Crippen LogP contribution in [-0.4, -0.2) is 73.8 Å². The Balaban J connectivity index is 0.000000124. The van der Waals surface area contributed by atoms with Gasteiger partial charge in [-0.1, -0.05) is 127 Å². The van der Waals surface area contributed by atoms with Crippen molar-refractivity contribution in [2.45, 2.75) is 153 Å². The molecule has 6 aromatic carbocycles. The van der Waals surface area contributed by atoms with Gasteiger partial charge in [0.05, 0.1) is 21.3 Å². The molecule has 6 heteroatoms. The lowest BCUT2D eigenvalue weighted by Crippen LogP contribution is -2.45. The van der Waals surface area contributed by atoms with Gasteiger partial charge in [-0.05, 0) is 202 Å². The highest BCUT2D eigenvalue weighted by molar-refractivity contribution is 5.52. The molecule has 12 rings (SSSR count). The molecular formula is C66H81N3O3. The van der Waals surface area contributed by atoms with Crippen molar-refractivity contribution in [3.63, 3.8) is 0 Å². The molecule has 1 unspecified atom stereocenters. The summed E-state index contributed by atoms with van der Waals surface area (Å²) in [6.45, 7) is 13.4. The van der Waals surface area contributed by atoms with Crippen LogP contribution in [0, 0.1) is 20.8 Å². The molecule has 3 aliphatic carbocycles. The van der Waals surface area contributed by atoms with E-state index in [1.165, 1.54) is 127 Å². The standard InChI is InChI=1S/3C22H27NO/c3*1-16-10-11-18-19-9-6-14-23(15-17-7-4-3-5-8-17)21(19)13-12-20(18)22(16)24-2/h3*3-5,7-8,10-11,19,21H,6,9,12-15H2,1-2H3/t19?,21-;2*19-,21+/m010/s1. The largest absolute Gasteiger partial charge is 0.496 e. The molecule has 378 valence electrons. The summed E-state index contributed by atoms with van der Waals surface area (Å²) in [5.41, 5.74) is 17.2.